The first-order valence-corrected chi connectivity index (χ1v) is 5.62. The zero-order valence-corrected chi connectivity index (χ0v) is 7.12. The third-order valence-electron chi connectivity index (χ3n) is 0.739. The average molecular weight is 138 g/mol. The molecule has 0 unspecified atom stereocenters. The van der Waals surface area contributed by atoms with Crippen LogP contribution >= 0.6 is 11.1 Å². The number of rotatable bonds is 3. The molecule has 1 nitrogen and oxygen atoms in total. The molecule has 0 heterocycles. The van der Waals surface area contributed by atoms with E-state index >= 15 is 0 Å². The normalized spacial score (nSPS) is 12.0. The van der Waals surface area contributed by atoms with E-state index in [4.69, 9.17) is 11.1 Å². The van der Waals surface area contributed by atoms with Crippen LogP contribution in [0, 0.1) is 0 Å². The molecule has 0 aromatic heterocycles. The standard InChI is InChI=1S/C4H12ClNSi/c1-6(2)3-4-7-5/h3-4,7H2,1-2H3. The third kappa shape index (κ3) is 6.47. The molecule has 0 radical (unpaired) electrons. The monoisotopic (exact) mass is 137 g/mol. The summed E-state index contributed by atoms with van der Waals surface area (Å²) in [5.74, 6) is 0. The Hall–Kier alpha value is 0.467. The first-order chi connectivity index (χ1) is 3.27. The Bertz CT molecular complexity index is 40.7. The predicted molar refractivity (Wildman–Crippen MR) is 37.8 cm³/mol. The van der Waals surface area contributed by atoms with Gasteiger partial charge in [0.1, 0.15) is 8.83 Å². The maximum absolute atomic E-state index is 5.56. The van der Waals surface area contributed by atoms with Crippen LogP contribution in [0.1, 0.15) is 0 Å². The molecule has 0 saturated carbocycles. The van der Waals surface area contributed by atoms with Crippen molar-refractivity contribution in [3.8, 4) is 0 Å². The number of hydrogen-bond acceptors (Lipinski definition) is 1. The van der Waals surface area contributed by atoms with Gasteiger partial charge in [0.05, 0.1) is 0 Å². The first kappa shape index (κ1) is 7.47. The lowest BCUT2D eigenvalue weighted by molar-refractivity contribution is 0.433. The van der Waals surface area contributed by atoms with E-state index in [1.54, 1.807) is 0 Å². The summed E-state index contributed by atoms with van der Waals surface area (Å²) in [5.41, 5.74) is 0. The quantitative estimate of drug-likeness (QED) is 0.399. The van der Waals surface area contributed by atoms with Crippen molar-refractivity contribution < 1.29 is 0 Å². The Morgan fingerprint density at radius 3 is 2.29 bits per heavy atom. The minimum Gasteiger partial charge on any atom is -0.310 e. The van der Waals surface area contributed by atoms with Crippen molar-refractivity contribution in [2.45, 2.75) is 6.04 Å². The Labute approximate surface area is 52.2 Å². The van der Waals surface area contributed by atoms with E-state index in [1.165, 1.54) is 6.04 Å². The van der Waals surface area contributed by atoms with Gasteiger partial charge < -0.3 is 4.90 Å². The van der Waals surface area contributed by atoms with Crippen LogP contribution in [0.3, 0.4) is 0 Å². The topological polar surface area (TPSA) is 3.24 Å². The van der Waals surface area contributed by atoms with Crippen molar-refractivity contribution in [2.75, 3.05) is 20.6 Å². The molecule has 0 fully saturated rings. The summed E-state index contributed by atoms with van der Waals surface area (Å²) in [6, 6.07) is 1.23. The summed E-state index contributed by atoms with van der Waals surface area (Å²) in [6.07, 6.45) is 0. The zero-order valence-electron chi connectivity index (χ0n) is 4.95. The van der Waals surface area contributed by atoms with Gasteiger partial charge in [-0.3, -0.25) is 0 Å². The van der Waals surface area contributed by atoms with Crippen molar-refractivity contribution in [1.82, 2.24) is 4.90 Å². The van der Waals surface area contributed by atoms with E-state index in [9.17, 15) is 0 Å². The second kappa shape index (κ2) is 4.62. The molecule has 0 spiro atoms. The molecule has 0 saturated heterocycles. The molecule has 0 bridgehead atoms. The Morgan fingerprint density at radius 2 is 2.14 bits per heavy atom. The molecule has 0 N–H and O–H groups in total. The lowest BCUT2D eigenvalue weighted by Crippen LogP contribution is -2.12. The summed E-state index contributed by atoms with van der Waals surface area (Å²) < 4.78 is 0. The molecule has 0 aliphatic carbocycles. The summed E-state index contributed by atoms with van der Waals surface area (Å²) >= 11 is 5.56. The van der Waals surface area contributed by atoms with Crippen LogP contribution in [0.15, 0.2) is 0 Å². The molecule has 0 aliphatic heterocycles. The first-order valence-electron chi connectivity index (χ1n) is 2.48. The van der Waals surface area contributed by atoms with Gasteiger partial charge in [-0.25, -0.2) is 0 Å². The van der Waals surface area contributed by atoms with Gasteiger partial charge in [0, 0.05) is 0 Å². The van der Waals surface area contributed by atoms with E-state index in [2.05, 4.69) is 19.0 Å². The van der Waals surface area contributed by atoms with Gasteiger partial charge in [-0.1, -0.05) is 0 Å². The predicted octanol–water partition coefficient (Wildman–Crippen LogP) is 0.289. The molecule has 0 aromatic carbocycles. The molecule has 0 aromatic rings. The summed E-state index contributed by atoms with van der Waals surface area (Å²) in [5, 5.41) is 0. The molecule has 3 heteroatoms. The fraction of sp³-hybridized carbons (Fsp3) is 1.00. The fourth-order valence-electron chi connectivity index (χ4n) is 0.376. The molecular formula is C4H12ClNSi. The molecule has 0 atom stereocenters. The van der Waals surface area contributed by atoms with Crippen LogP contribution < -0.4 is 0 Å². The maximum atomic E-state index is 5.56. The van der Waals surface area contributed by atoms with Crippen molar-refractivity contribution in [1.29, 1.82) is 0 Å². The SMILES string of the molecule is CN(C)CC[SiH2]Cl. The van der Waals surface area contributed by atoms with Gasteiger partial charge >= 0.3 is 0 Å². The van der Waals surface area contributed by atoms with Crippen molar-refractivity contribution in [3.05, 3.63) is 0 Å². The fourth-order valence-corrected chi connectivity index (χ4v) is 1.49. The minimum atomic E-state index is -0.198. The third-order valence-corrected chi connectivity index (χ3v) is 2.12. The smallest absolute Gasteiger partial charge is 0.126 e. The van der Waals surface area contributed by atoms with Crippen molar-refractivity contribution in [2.24, 2.45) is 0 Å². The second-order valence-electron chi connectivity index (χ2n) is 1.85. The minimum absolute atomic E-state index is 0.198. The highest BCUT2D eigenvalue weighted by Gasteiger charge is 1.85. The highest BCUT2D eigenvalue weighted by Crippen LogP contribution is 1.83. The van der Waals surface area contributed by atoms with Gasteiger partial charge in [0.25, 0.3) is 0 Å². The van der Waals surface area contributed by atoms with Crippen LogP contribution in [-0.4, -0.2) is 34.4 Å². The molecular weight excluding hydrogens is 126 g/mol. The van der Waals surface area contributed by atoms with E-state index < -0.39 is 0 Å². The van der Waals surface area contributed by atoms with Gasteiger partial charge in [0.2, 0.25) is 0 Å². The van der Waals surface area contributed by atoms with E-state index in [-0.39, 0.29) is 8.83 Å². The second-order valence-corrected chi connectivity index (χ2v) is 4.06. The van der Waals surface area contributed by atoms with E-state index in [0.29, 0.717) is 0 Å². The van der Waals surface area contributed by atoms with Crippen molar-refractivity contribution in [3.63, 3.8) is 0 Å². The van der Waals surface area contributed by atoms with Gasteiger partial charge in [-0.05, 0) is 26.7 Å². The van der Waals surface area contributed by atoms with E-state index in [1.807, 2.05) is 0 Å². The van der Waals surface area contributed by atoms with Crippen LogP contribution in [-0.2, 0) is 0 Å². The summed E-state index contributed by atoms with van der Waals surface area (Å²) in [6.45, 7) is 1.16. The molecule has 0 rings (SSSR count). The number of nitrogens with zero attached hydrogens (tertiary/aromatic N) is 1. The molecule has 7 heavy (non-hydrogen) atoms. The highest BCUT2D eigenvalue weighted by atomic mass is 35.6. The summed E-state index contributed by atoms with van der Waals surface area (Å²) in [7, 11) is 3.94. The molecule has 44 valence electrons. The van der Waals surface area contributed by atoms with Crippen molar-refractivity contribution >= 4 is 19.9 Å². The Kier molecular flexibility index (Phi) is 4.93. The summed E-state index contributed by atoms with van der Waals surface area (Å²) in [4.78, 5) is 2.16. The van der Waals surface area contributed by atoms with Crippen LogP contribution in [0.5, 0.6) is 0 Å². The number of halogens is 1. The molecule has 0 amide bonds. The Balaban J connectivity index is 2.68. The van der Waals surface area contributed by atoms with Crippen LogP contribution in [0.2, 0.25) is 6.04 Å². The number of hydrogen-bond donors (Lipinski definition) is 0. The highest BCUT2D eigenvalue weighted by molar-refractivity contribution is 6.93. The van der Waals surface area contributed by atoms with E-state index in [0.717, 1.165) is 6.54 Å². The lowest BCUT2D eigenvalue weighted by Gasteiger charge is -2.05. The van der Waals surface area contributed by atoms with Gasteiger partial charge in [0.15, 0.2) is 0 Å². The van der Waals surface area contributed by atoms with Crippen LogP contribution in [0.4, 0.5) is 0 Å². The Morgan fingerprint density at radius 1 is 1.57 bits per heavy atom. The van der Waals surface area contributed by atoms with Gasteiger partial charge in [-0.2, -0.15) is 11.1 Å². The molecule has 0 aliphatic rings. The zero-order chi connectivity index (χ0) is 5.70. The largest absolute Gasteiger partial charge is 0.310 e. The lowest BCUT2D eigenvalue weighted by atomic mass is 10.7. The maximum Gasteiger partial charge on any atom is 0.126 e. The van der Waals surface area contributed by atoms with Crippen LogP contribution in [0.25, 0.3) is 0 Å². The average Bonchev–Trinajstić information content (AvgIpc) is 1.61. The van der Waals surface area contributed by atoms with Gasteiger partial charge in [-0.15, -0.1) is 0 Å².